The summed E-state index contributed by atoms with van der Waals surface area (Å²) in [4.78, 5) is 4.08. The number of halogens is 2. The maximum Gasteiger partial charge on any atom is 0.165 e. The molecule has 5 heteroatoms. The first-order valence-electron chi connectivity index (χ1n) is 5.25. The molecule has 1 aromatic carbocycles. The summed E-state index contributed by atoms with van der Waals surface area (Å²) < 4.78 is 19.1. The molecule has 0 aliphatic rings. The fraction of sp³-hybridized carbons (Fsp3) is 0.154. The van der Waals surface area contributed by atoms with Gasteiger partial charge in [0.1, 0.15) is 6.10 Å². The second-order valence-corrected chi connectivity index (χ2v) is 4.52. The second-order valence-electron chi connectivity index (χ2n) is 3.67. The van der Waals surface area contributed by atoms with Crippen molar-refractivity contribution in [2.24, 2.45) is 0 Å². The third-order valence-electron chi connectivity index (χ3n) is 2.54. The Hall–Kier alpha value is -1.46. The van der Waals surface area contributed by atoms with Gasteiger partial charge in [0.2, 0.25) is 0 Å². The topological polar surface area (TPSA) is 42.4 Å². The number of nitrogens with zero attached hydrogens (tertiary/aromatic N) is 1. The summed E-state index contributed by atoms with van der Waals surface area (Å²) in [7, 11) is 1.39. The van der Waals surface area contributed by atoms with E-state index in [0.29, 0.717) is 15.7 Å². The minimum Gasteiger partial charge on any atom is -0.494 e. The number of ether oxygens (including phenoxy) is 1. The number of pyridine rings is 1. The summed E-state index contributed by atoms with van der Waals surface area (Å²) >= 11 is 3.30. The fourth-order valence-corrected chi connectivity index (χ4v) is 2.08. The molecule has 94 valence electrons. The lowest BCUT2D eigenvalue weighted by Gasteiger charge is -2.13. The van der Waals surface area contributed by atoms with Crippen molar-refractivity contribution in [3.8, 4) is 5.75 Å². The zero-order valence-corrected chi connectivity index (χ0v) is 11.2. The van der Waals surface area contributed by atoms with Crippen LogP contribution in [0.3, 0.4) is 0 Å². The van der Waals surface area contributed by atoms with Crippen molar-refractivity contribution in [3.05, 3.63) is 58.1 Å². The first-order valence-corrected chi connectivity index (χ1v) is 6.04. The van der Waals surface area contributed by atoms with Crippen LogP contribution in [0.5, 0.6) is 5.75 Å². The molecule has 1 heterocycles. The Labute approximate surface area is 112 Å². The number of benzene rings is 1. The lowest BCUT2D eigenvalue weighted by Crippen LogP contribution is -2.04. The van der Waals surface area contributed by atoms with Crippen LogP contribution in [-0.2, 0) is 0 Å². The van der Waals surface area contributed by atoms with E-state index in [-0.39, 0.29) is 5.75 Å². The molecular formula is C13H11BrFNO2. The van der Waals surface area contributed by atoms with E-state index >= 15 is 0 Å². The lowest BCUT2D eigenvalue weighted by molar-refractivity contribution is 0.213. The van der Waals surface area contributed by atoms with Crippen molar-refractivity contribution in [3.63, 3.8) is 0 Å². The van der Waals surface area contributed by atoms with E-state index in [1.165, 1.54) is 19.2 Å². The van der Waals surface area contributed by atoms with Gasteiger partial charge in [-0.2, -0.15) is 0 Å². The number of rotatable bonds is 3. The van der Waals surface area contributed by atoms with Gasteiger partial charge in [-0.1, -0.05) is 6.07 Å². The summed E-state index contributed by atoms with van der Waals surface area (Å²) in [6.07, 6.45) is 0.587. The zero-order valence-electron chi connectivity index (χ0n) is 9.60. The van der Waals surface area contributed by atoms with Gasteiger partial charge in [0.15, 0.2) is 11.6 Å². The Kier molecular flexibility index (Phi) is 3.93. The van der Waals surface area contributed by atoms with Crippen molar-refractivity contribution >= 4 is 15.9 Å². The summed E-state index contributed by atoms with van der Waals surface area (Å²) in [6, 6.07) is 7.84. The molecular weight excluding hydrogens is 301 g/mol. The van der Waals surface area contributed by atoms with Gasteiger partial charge in [-0.15, -0.1) is 0 Å². The van der Waals surface area contributed by atoms with Crippen molar-refractivity contribution in [1.82, 2.24) is 4.98 Å². The summed E-state index contributed by atoms with van der Waals surface area (Å²) in [5.41, 5.74) is 0.870. The normalized spacial score (nSPS) is 12.2. The quantitative estimate of drug-likeness (QED) is 0.947. The molecule has 2 rings (SSSR count). The largest absolute Gasteiger partial charge is 0.494 e. The number of hydrogen-bond acceptors (Lipinski definition) is 3. The first-order chi connectivity index (χ1) is 8.63. The molecule has 0 saturated carbocycles. The molecule has 0 radical (unpaired) electrons. The highest BCUT2D eigenvalue weighted by atomic mass is 79.9. The molecule has 0 spiro atoms. The van der Waals surface area contributed by atoms with Gasteiger partial charge in [-0.25, -0.2) is 4.39 Å². The predicted molar refractivity (Wildman–Crippen MR) is 69.0 cm³/mol. The number of hydrogen-bond donors (Lipinski definition) is 1. The molecule has 3 nitrogen and oxygen atoms in total. The number of aliphatic hydroxyl groups is 1. The minimum atomic E-state index is -0.985. The van der Waals surface area contributed by atoms with Crippen LogP contribution in [0.15, 0.2) is 41.0 Å². The molecule has 1 aromatic heterocycles. The van der Waals surface area contributed by atoms with Crippen LogP contribution in [0.2, 0.25) is 0 Å². The van der Waals surface area contributed by atoms with Crippen LogP contribution in [0.4, 0.5) is 4.39 Å². The highest BCUT2D eigenvalue weighted by molar-refractivity contribution is 9.10. The summed E-state index contributed by atoms with van der Waals surface area (Å²) in [5, 5.41) is 10.2. The maximum atomic E-state index is 13.6. The molecule has 1 atom stereocenters. The SMILES string of the molecule is COc1ccc(C(O)c2ncccc2Br)cc1F. The van der Waals surface area contributed by atoms with Crippen LogP contribution in [0.1, 0.15) is 17.4 Å². The third kappa shape index (κ3) is 2.52. The van der Waals surface area contributed by atoms with Gasteiger partial charge in [0.05, 0.1) is 12.8 Å². The Morgan fingerprint density at radius 3 is 2.78 bits per heavy atom. The molecule has 1 unspecified atom stereocenters. The summed E-state index contributed by atoms with van der Waals surface area (Å²) in [5.74, 6) is -0.368. The fourth-order valence-electron chi connectivity index (χ4n) is 1.61. The molecule has 2 aromatic rings. The van der Waals surface area contributed by atoms with Crippen molar-refractivity contribution in [1.29, 1.82) is 0 Å². The third-order valence-corrected chi connectivity index (χ3v) is 3.21. The smallest absolute Gasteiger partial charge is 0.165 e. The van der Waals surface area contributed by atoms with Gasteiger partial charge in [-0.05, 0) is 45.8 Å². The molecule has 0 bridgehead atoms. The average Bonchev–Trinajstić information content (AvgIpc) is 2.38. The van der Waals surface area contributed by atoms with E-state index in [1.54, 1.807) is 24.4 Å². The molecule has 18 heavy (non-hydrogen) atoms. The first kappa shape index (κ1) is 13.0. The van der Waals surface area contributed by atoms with Crippen LogP contribution in [-0.4, -0.2) is 17.2 Å². The van der Waals surface area contributed by atoms with Gasteiger partial charge in [-0.3, -0.25) is 4.98 Å². The highest BCUT2D eigenvalue weighted by Gasteiger charge is 2.16. The zero-order chi connectivity index (χ0) is 13.1. The van der Waals surface area contributed by atoms with E-state index < -0.39 is 11.9 Å². The maximum absolute atomic E-state index is 13.6. The van der Waals surface area contributed by atoms with Gasteiger partial charge >= 0.3 is 0 Å². The van der Waals surface area contributed by atoms with Crippen molar-refractivity contribution in [2.45, 2.75) is 6.10 Å². The standard InChI is InChI=1S/C13H11BrFNO2/c1-18-11-5-4-8(7-10(11)15)13(17)12-9(14)3-2-6-16-12/h2-7,13,17H,1H3. The van der Waals surface area contributed by atoms with Gasteiger partial charge in [0.25, 0.3) is 0 Å². The second kappa shape index (κ2) is 5.46. The summed E-state index contributed by atoms with van der Waals surface area (Å²) in [6.45, 7) is 0. The molecule has 0 fully saturated rings. The number of aliphatic hydroxyl groups excluding tert-OH is 1. The van der Waals surface area contributed by atoms with Crippen LogP contribution in [0.25, 0.3) is 0 Å². The molecule has 0 aliphatic heterocycles. The Bertz CT molecular complexity index is 562. The van der Waals surface area contributed by atoms with E-state index in [0.717, 1.165) is 0 Å². The van der Waals surface area contributed by atoms with Gasteiger partial charge in [0, 0.05) is 10.7 Å². The Morgan fingerprint density at radius 2 is 2.17 bits per heavy atom. The van der Waals surface area contributed by atoms with Gasteiger partial charge < -0.3 is 9.84 Å². The predicted octanol–water partition coefficient (Wildman–Crippen LogP) is 3.07. The van der Waals surface area contributed by atoms with E-state index in [2.05, 4.69) is 20.9 Å². The number of aromatic nitrogens is 1. The van der Waals surface area contributed by atoms with Crippen LogP contribution in [0, 0.1) is 5.82 Å². The Morgan fingerprint density at radius 1 is 1.39 bits per heavy atom. The molecule has 0 amide bonds. The van der Waals surface area contributed by atoms with E-state index in [9.17, 15) is 9.50 Å². The minimum absolute atomic E-state index is 0.144. The molecule has 1 N–H and O–H groups in total. The van der Waals surface area contributed by atoms with Crippen molar-refractivity contribution in [2.75, 3.05) is 7.11 Å². The highest BCUT2D eigenvalue weighted by Crippen LogP contribution is 2.28. The lowest BCUT2D eigenvalue weighted by atomic mass is 10.1. The van der Waals surface area contributed by atoms with Crippen LogP contribution < -0.4 is 4.74 Å². The monoisotopic (exact) mass is 311 g/mol. The van der Waals surface area contributed by atoms with E-state index in [1.807, 2.05) is 0 Å². The van der Waals surface area contributed by atoms with E-state index in [4.69, 9.17) is 4.74 Å². The van der Waals surface area contributed by atoms with Crippen LogP contribution >= 0.6 is 15.9 Å². The molecule has 0 aliphatic carbocycles. The number of methoxy groups -OCH3 is 1. The van der Waals surface area contributed by atoms with Crippen molar-refractivity contribution < 1.29 is 14.2 Å². The average molecular weight is 312 g/mol. The molecule has 0 saturated heterocycles. The Balaban J connectivity index is 2.37.